The quantitative estimate of drug-likeness (QED) is 0.515. The standard InChI is InChI=1S/C18H19N3O3/c1-12-7-8-15(9-13(12)2)20-17(22)18(23)21-19-11-14-5-4-6-16(10-14)24-3/h4-11H,1-3H3,(H,20,22)(H,21,23)/b19-11-. The predicted molar refractivity (Wildman–Crippen MR) is 93.3 cm³/mol. The first kappa shape index (κ1) is 17.2. The van der Waals surface area contributed by atoms with Crippen LogP contribution in [0.2, 0.25) is 0 Å². The van der Waals surface area contributed by atoms with Crippen LogP contribution in [0.5, 0.6) is 5.75 Å². The van der Waals surface area contributed by atoms with Gasteiger partial charge in [0.25, 0.3) is 0 Å². The zero-order valence-electron chi connectivity index (χ0n) is 13.8. The van der Waals surface area contributed by atoms with E-state index in [2.05, 4.69) is 15.8 Å². The number of carbonyl (C=O) groups is 2. The molecular formula is C18H19N3O3. The average molecular weight is 325 g/mol. The molecule has 0 aliphatic carbocycles. The van der Waals surface area contributed by atoms with Crippen LogP contribution in [0.25, 0.3) is 0 Å². The number of carbonyl (C=O) groups excluding carboxylic acids is 2. The first-order valence-electron chi connectivity index (χ1n) is 7.35. The minimum Gasteiger partial charge on any atom is -0.497 e. The van der Waals surface area contributed by atoms with Crippen LogP contribution in [-0.2, 0) is 9.59 Å². The van der Waals surface area contributed by atoms with Gasteiger partial charge >= 0.3 is 11.8 Å². The zero-order chi connectivity index (χ0) is 17.5. The van der Waals surface area contributed by atoms with Gasteiger partial charge in [-0.1, -0.05) is 18.2 Å². The Balaban J connectivity index is 1.92. The van der Waals surface area contributed by atoms with Crippen LogP contribution < -0.4 is 15.5 Å². The molecule has 124 valence electrons. The lowest BCUT2D eigenvalue weighted by atomic mass is 10.1. The lowest BCUT2D eigenvalue weighted by Gasteiger charge is -2.06. The van der Waals surface area contributed by atoms with Gasteiger partial charge in [-0.2, -0.15) is 5.10 Å². The predicted octanol–water partition coefficient (Wildman–Crippen LogP) is 2.40. The van der Waals surface area contributed by atoms with Crippen LogP contribution in [0.3, 0.4) is 0 Å². The summed E-state index contributed by atoms with van der Waals surface area (Å²) in [4.78, 5) is 23.6. The van der Waals surface area contributed by atoms with E-state index in [9.17, 15) is 9.59 Å². The van der Waals surface area contributed by atoms with Gasteiger partial charge in [0.15, 0.2) is 0 Å². The summed E-state index contributed by atoms with van der Waals surface area (Å²) < 4.78 is 5.09. The van der Waals surface area contributed by atoms with Crippen LogP contribution in [-0.4, -0.2) is 25.1 Å². The normalized spacial score (nSPS) is 10.5. The second-order valence-electron chi connectivity index (χ2n) is 5.23. The van der Waals surface area contributed by atoms with Gasteiger partial charge in [0.1, 0.15) is 5.75 Å². The molecule has 2 rings (SSSR count). The van der Waals surface area contributed by atoms with Crippen LogP contribution in [0, 0.1) is 13.8 Å². The van der Waals surface area contributed by atoms with Crippen molar-refractivity contribution in [1.82, 2.24) is 5.43 Å². The van der Waals surface area contributed by atoms with Crippen LogP contribution in [0.15, 0.2) is 47.6 Å². The fourth-order valence-electron chi connectivity index (χ4n) is 1.95. The number of benzene rings is 2. The van der Waals surface area contributed by atoms with Crippen molar-refractivity contribution in [2.24, 2.45) is 5.10 Å². The van der Waals surface area contributed by atoms with E-state index in [0.717, 1.165) is 16.7 Å². The van der Waals surface area contributed by atoms with E-state index >= 15 is 0 Å². The van der Waals surface area contributed by atoms with Gasteiger partial charge in [0.05, 0.1) is 13.3 Å². The van der Waals surface area contributed by atoms with Crippen molar-refractivity contribution in [2.45, 2.75) is 13.8 Å². The molecule has 2 N–H and O–H groups in total. The van der Waals surface area contributed by atoms with Crippen LogP contribution in [0.1, 0.15) is 16.7 Å². The molecule has 0 aliphatic rings. The van der Waals surface area contributed by atoms with E-state index in [1.165, 1.54) is 6.21 Å². The first-order chi connectivity index (χ1) is 11.5. The Morgan fingerprint density at radius 2 is 1.83 bits per heavy atom. The van der Waals surface area contributed by atoms with E-state index in [-0.39, 0.29) is 0 Å². The van der Waals surface area contributed by atoms with Gasteiger partial charge in [-0.25, -0.2) is 5.43 Å². The number of methoxy groups -OCH3 is 1. The second-order valence-corrected chi connectivity index (χ2v) is 5.23. The smallest absolute Gasteiger partial charge is 0.329 e. The summed E-state index contributed by atoms with van der Waals surface area (Å²) in [6, 6.07) is 12.6. The Hall–Kier alpha value is -3.15. The summed E-state index contributed by atoms with van der Waals surface area (Å²) in [6.07, 6.45) is 1.43. The molecule has 0 spiro atoms. The van der Waals surface area contributed by atoms with Crippen molar-refractivity contribution >= 4 is 23.7 Å². The summed E-state index contributed by atoms with van der Waals surface area (Å²) >= 11 is 0. The van der Waals surface area contributed by atoms with E-state index in [0.29, 0.717) is 11.4 Å². The molecule has 6 nitrogen and oxygen atoms in total. The molecule has 2 amide bonds. The molecule has 0 radical (unpaired) electrons. The highest BCUT2D eigenvalue weighted by Gasteiger charge is 2.13. The van der Waals surface area contributed by atoms with Gasteiger partial charge in [-0.15, -0.1) is 0 Å². The number of hydrogen-bond acceptors (Lipinski definition) is 4. The number of aryl methyl sites for hydroxylation is 2. The van der Waals surface area contributed by atoms with Crippen LogP contribution in [0.4, 0.5) is 5.69 Å². The molecule has 0 aliphatic heterocycles. The van der Waals surface area contributed by atoms with Crippen molar-refractivity contribution in [2.75, 3.05) is 12.4 Å². The molecule has 2 aromatic rings. The maximum atomic E-state index is 11.8. The third kappa shape index (κ3) is 4.67. The zero-order valence-corrected chi connectivity index (χ0v) is 13.8. The Morgan fingerprint density at radius 1 is 1.04 bits per heavy atom. The number of anilines is 1. The van der Waals surface area contributed by atoms with Crippen molar-refractivity contribution in [3.05, 3.63) is 59.2 Å². The summed E-state index contributed by atoms with van der Waals surface area (Å²) in [6.45, 7) is 3.91. The molecule has 0 unspecified atom stereocenters. The average Bonchev–Trinajstić information content (AvgIpc) is 2.58. The number of ether oxygens (including phenoxy) is 1. The molecule has 0 bridgehead atoms. The largest absolute Gasteiger partial charge is 0.497 e. The molecule has 0 heterocycles. The number of rotatable bonds is 4. The monoisotopic (exact) mass is 325 g/mol. The lowest BCUT2D eigenvalue weighted by molar-refractivity contribution is -0.136. The summed E-state index contributed by atoms with van der Waals surface area (Å²) in [5, 5.41) is 6.30. The lowest BCUT2D eigenvalue weighted by Crippen LogP contribution is -2.32. The minimum atomic E-state index is -0.840. The van der Waals surface area contributed by atoms with Crippen molar-refractivity contribution in [3.8, 4) is 5.75 Å². The van der Waals surface area contributed by atoms with Gasteiger partial charge in [-0.05, 0) is 54.8 Å². The van der Waals surface area contributed by atoms with Gasteiger partial charge in [0, 0.05) is 5.69 Å². The van der Waals surface area contributed by atoms with E-state index in [4.69, 9.17) is 4.74 Å². The number of amides is 2. The van der Waals surface area contributed by atoms with Gasteiger partial charge < -0.3 is 10.1 Å². The number of hydrazone groups is 1. The second kappa shape index (κ2) is 7.92. The fourth-order valence-corrected chi connectivity index (χ4v) is 1.95. The molecular weight excluding hydrogens is 306 g/mol. The number of nitrogens with zero attached hydrogens (tertiary/aromatic N) is 1. The Labute approximate surface area is 140 Å². The SMILES string of the molecule is COc1cccc(/C=N\NC(=O)C(=O)Nc2ccc(C)c(C)c2)c1. The topological polar surface area (TPSA) is 79.8 Å². The van der Waals surface area contributed by atoms with Crippen molar-refractivity contribution in [3.63, 3.8) is 0 Å². The van der Waals surface area contributed by atoms with Gasteiger partial charge in [-0.3, -0.25) is 9.59 Å². The molecule has 6 heteroatoms. The van der Waals surface area contributed by atoms with Crippen LogP contribution >= 0.6 is 0 Å². The molecule has 0 atom stereocenters. The maximum Gasteiger partial charge on any atom is 0.329 e. The number of nitrogens with one attached hydrogen (secondary N) is 2. The Bertz CT molecular complexity index is 785. The third-order valence-electron chi connectivity index (χ3n) is 3.44. The molecule has 2 aromatic carbocycles. The highest BCUT2D eigenvalue weighted by Crippen LogP contribution is 2.14. The van der Waals surface area contributed by atoms with Gasteiger partial charge in [0.2, 0.25) is 0 Å². The maximum absolute atomic E-state index is 11.8. The third-order valence-corrected chi connectivity index (χ3v) is 3.44. The number of hydrogen-bond donors (Lipinski definition) is 2. The Morgan fingerprint density at radius 3 is 2.54 bits per heavy atom. The van der Waals surface area contributed by atoms with E-state index in [1.807, 2.05) is 19.9 Å². The van der Waals surface area contributed by atoms with E-state index in [1.54, 1.807) is 43.5 Å². The first-order valence-corrected chi connectivity index (χ1v) is 7.35. The Kier molecular flexibility index (Phi) is 5.68. The summed E-state index contributed by atoms with van der Waals surface area (Å²) in [5.74, 6) is -0.939. The highest BCUT2D eigenvalue weighted by molar-refractivity contribution is 6.39. The molecule has 0 saturated heterocycles. The summed E-state index contributed by atoms with van der Waals surface area (Å²) in [5.41, 5.74) is 5.64. The van der Waals surface area contributed by atoms with E-state index < -0.39 is 11.8 Å². The summed E-state index contributed by atoms with van der Waals surface area (Å²) in [7, 11) is 1.56. The highest BCUT2D eigenvalue weighted by atomic mass is 16.5. The van der Waals surface area contributed by atoms with Crippen molar-refractivity contribution < 1.29 is 14.3 Å². The molecule has 0 saturated carbocycles. The minimum absolute atomic E-state index is 0.565. The van der Waals surface area contributed by atoms with Crippen molar-refractivity contribution in [1.29, 1.82) is 0 Å². The molecule has 24 heavy (non-hydrogen) atoms. The molecule has 0 fully saturated rings. The molecule has 0 aromatic heterocycles. The fraction of sp³-hybridized carbons (Fsp3) is 0.167.